The molecule has 1 aromatic carbocycles. The molecule has 1 aromatic rings. The first-order valence-corrected chi connectivity index (χ1v) is 7.06. The van der Waals surface area contributed by atoms with Gasteiger partial charge in [0.05, 0.1) is 7.11 Å². The Morgan fingerprint density at radius 3 is 2.48 bits per heavy atom. The average molecular weight is 285 g/mol. The molecule has 0 aliphatic carbocycles. The number of nitriles is 1. The average Bonchev–Trinajstić information content (AvgIpc) is 2.56. The number of nitrogens with one attached hydrogen (secondary N) is 1. The van der Waals surface area contributed by atoms with Crippen molar-refractivity contribution in [1.82, 2.24) is 4.90 Å². The van der Waals surface area contributed by atoms with Gasteiger partial charge in [0.2, 0.25) is 0 Å². The zero-order valence-corrected chi connectivity index (χ0v) is 12.1. The highest BCUT2D eigenvalue weighted by atomic mass is 16.5. The summed E-state index contributed by atoms with van der Waals surface area (Å²) in [5.74, 6) is -0.0724. The Hall–Kier alpha value is -2.48. The molecule has 5 heteroatoms. The number of methoxy groups -OCH3 is 1. The van der Waals surface area contributed by atoms with Crippen molar-refractivity contribution in [2.45, 2.75) is 19.3 Å². The number of ether oxygens (including phenoxy) is 1. The van der Waals surface area contributed by atoms with Gasteiger partial charge in [-0.15, -0.1) is 0 Å². The summed E-state index contributed by atoms with van der Waals surface area (Å²) in [6.45, 7) is 1.66. The van der Waals surface area contributed by atoms with Gasteiger partial charge in [0.15, 0.2) is 5.57 Å². The minimum absolute atomic E-state index is 0.0169. The Labute approximate surface area is 124 Å². The van der Waals surface area contributed by atoms with E-state index in [0.717, 1.165) is 31.6 Å². The smallest absolute Gasteiger partial charge is 0.352 e. The number of piperidine rings is 1. The summed E-state index contributed by atoms with van der Waals surface area (Å²) in [6.07, 6.45) is 3.29. The molecule has 0 saturated carbocycles. The first kappa shape index (κ1) is 14.9. The van der Waals surface area contributed by atoms with Gasteiger partial charge in [-0.05, 0) is 31.4 Å². The maximum atomic E-state index is 11.8. The number of benzene rings is 1. The van der Waals surface area contributed by atoms with Crippen LogP contribution in [-0.2, 0) is 9.53 Å². The number of rotatable bonds is 4. The summed E-state index contributed by atoms with van der Waals surface area (Å²) < 4.78 is 4.73. The van der Waals surface area contributed by atoms with Crippen LogP contribution in [0.5, 0.6) is 0 Å². The van der Waals surface area contributed by atoms with E-state index < -0.39 is 5.97 Å². The standard InChI is InChI=1S/C16H19N3O2/c1-21-16(20)14(12-17)15(19-10-6-3-7-11-19)18-13-8-4-2-5-9-13/h2,4-5,8-9,18H,3,6-7,10-11H2,1H3/b15-14-. The molecule has 0 bridgehead atoms. The topological polar surface area (TPSA) is 65.4 Å². The lowest BCUT2D eigenvalue weighted by Crippen LogP contribution is -2.34. The molecule has 1 fully saturated rings. The lowest BCUT2D eigenvalue weighted by molar-refractivity contribution is -0.135. The van der Waals surface area contributed by atoms with Crippen LogP contribution in [0.15, 0.2) is 41.7 Å². The monoisotopic (exact) mass is 285 g/mol. The van der Waals surface area contributed by atoms with Gasteiger partial charge >= 0.3 is 5.97 Å². The molecular formula is C16H19N3O2. The molecule has 21 heavy (non-hydrogen) atoms. The summed E-state index contributed by atoms with van der Waals surface area (Å²) in [5.41, 5.74) is 0.859. The van der Waals surface area contributed by atoms with Crippen LogP contribution in [0, 0.1) is 11.3 Å². The number of nitrogens with zero attached hydrogens (tertiary/aromatic N) is 2. The molecule has 0 aromatic heterocycles. The fraction of sp³-hybridized carbons (Fsp3) is 0.375. The van der Waals surface area contributed by atoms with Crippen molar-refractivity contribution in [2.75, 3.05) is 25.5 Å². The predicted molar refractivity (Wildman–Crippen MR) is 80.1 cm³/mol. The Kier molecular flexibility index (Phi) is 5.22. The number of para-hydroxylation sites is 1. The molecule has 1 N–H and O–H groups in total. The normalized spacial score (nSPS) is 15.7. The van der Waals surface area contributed by atoms with Gasteiger partial charge in [0.25, 0.3) is 0 Å². The van der Waals surface area contributed by atoms with E-state index >= 15 is 0 Å². The summed E-state index contributed by atoms with van der Waals surface area (Å²) in [5, 5.41) is 12.5. The van der Waals surface area contributed by atoms with Crippen LogP contribution >= 0.6 is 0 Å². The number of hydrogen-bond acceptors (Lipinski definition) is 5. The third-order valence-electron chi connectivity index (χ3n) is 3.45. The SMILES string of the molecule is COC(=O)/C(C#N)=C(/Nc1ccccc1)N1CCCCC1. The van der Waals surface area contributed by atoms with Crippen LogP contribution in [0.25, 0.3) is 0 Å². The molecular weight excluding hydrogens is 266 g/mol. The maximum Gasteiger partial charge on any atom is 0.352 e. The van der Waals surface area contributed by atoms with Gasteiger partial charge in [-0.3, -0.25) is 0 Å². The Morgan fingerprint density at radius 1 is 1.24 bits per heavy atom. The Balaban J connectivity index is 2.35. The second kappa shape index (κ2) is 7.34. The van der Waals surface area contributed by atoms with Crippen molar-refractivity contribution in [3.8, 4) is 6.07 Å². The molecule has 110 valence electrons. The van der Waals surface area contributed by atoms with Crippen LogP contribution in [0.1, 0.15) is 19.3 Å². The van der Waals surface area contributed by atoms with Crippen LogP contribution < -0.4 is 5.32 Å². The predicted octanol–water partition coefficient (Wildman–Crippen LogP) is 2.49. The van der Waals surface area contributed by atoms with Crippen LogP contribution in [0.4, 0.5) is 5.69 Å². The van der Waals surface area contributed by atoms with Crippen LogP contribution in [-0.4, -0.2) is 31.1 Å². The van der Waals surface area contributed by atoms with E-state index in [-0.39, 0.29) is 5.57 Å². The van der Waals surface area contributed by atoms with E-state index in [4.69, 9.17) is 4.74 Å². The molecule has 0 unspecified atom stereocenters. The molecule has 1 aliphatic heterocycles. The van der Waals surface area contributed by atoms with Gasteiger partial charge in [-0.2, -0.15) is 5.26 Å². The molecule has 0 radical (unpaired) electrons. The van der Waals surface area contributed by atoms with Crippen molar-refractivity contribution in [3.05, 3.63) is 41.7 Å². The first-order chi connectivity index (χ1) is 10.3. The highest BCUT2D eigenvalue weighted by Crippen LogP contribution is 2.20. The lowest BCUT2D eigenvalue weighted by atomic mass is 10.1. The molecule has 0 atom stereocenters. The van der Waals surface area contributed by atoms with Gasteiger partial charge in [0, 0.05) is 18.8 Å². The Bertz CT molecular complexity index is 555. The van der Waals surface area contributed by atoms with Crippen molar-refractivity contribution in [1.29, 1.82) is 5.26 Å². The minimum atomic E-state index is -0.610. The fourth-order valence-electron chi connectivity index (χ4n) is 2.37. The molecule has 1 heterocycles. The zero-order chi connectivity index (χ0) is 15.1. The lowest BCUT2D eigenvalue weighted by Gasteiger charge is -2.32. The van der Waals surface area contributed by atoms with E-state index in [1.165, 1.54) is 13.5 Å². The molecule has 0 spiro atoms. The highest BCUT2D eigenvalue weighted by Gasteiger charge is 2.22. The number of esters is 1. The minimum Gasteiger partial charge on any atom is -0.465 e. The first-order valence-electron chi connectivity index (χ1n) is 7.06. The third-order valence-corrected chi connectivity index (χ3v) is 3.45. The largest absolute Gasteiger partial charge is 0.465 e. The van der Waals surface area contributed by atoms with E-state index in [2.05, 4.69) is 5.32 Å². The van der Waals surface area contributed by atoms with Gasteiger partial charge in [-0.1, -0.05) is 18.2 Å². The van der Waals surface area contributed by atoms with Crippen molar-refractivity contribution < 1.29 is 9.53 Å². The van der Waals surface area contributed by atoms with Crippen LogP contribution in [0.2, 0.25) is 0 Å². The fourth-order valence-corrected chi connectivity index (χ4v) is 2.37. The second-order valence-corrected chi connectivity index (χ2v) is 4.87. The van der Waals surface area contributed by atoms with E-state index in [1.54, 1.807) is 0 Å². The highest BCUT2D eigenvalue weighted by molar-refractivity contribution is 5.94. The molecule has 0 amide bonds. The third kappa shape index (κ3) is 3.76. The molecule has 1 saturated heterocycles. The van der Waals surface area contributed by atoms with Crippen molar-refractivity contribution >= 4 is 11.7 Å². The Morgan fingerprint density at radius 2 is 1.90 bits per heavy atom. The van der Waals surface area contributed by atoms with E-state index in [9.17, 15) is 10.1 Å². The number of anilines is 1. The molecule has 1 aliphatic rings. The number of likely N-dealkylation sites (tertiary alicyclic amines) is 1. The van der Waals surface area contributed by atoms with Crippen molar-refractivity contribution in [3.63, 3.8) is 0 Å². The number of carbonyl (C=O) groups is 1. The molecule has 2 rings (SSSR count). The molecule has 5 nitrogen and oxygen atoms in total. The van der Waals surface area contributed by atoms with Crippen LogP contribution in [0.3, 0.4) is 0 Å². The van der Waals surface area contributed by atoms with E-state index in [1.807, 2.05) is 41.3 Å². The zero-order valence-electron chi connectivity index (χ0n) is 12.1. The number of hydrogen-bond donors (Lipinski definition) is 1. The van der Waals surface area contributed by atoms with E-state index in [0.29, 0.717) is 5.82 Å². The summed E-state index contributed by atoms with van der Waals surface area (Å²) in [7, 11) is 1.29. The number of carbonyl (C=O) groups excluding carboxylic acids is 1. The van der Waals surface area contributed by atoms with Gasteiger partial charge in [0.1, 0.15) is 11.9 Å². The van der Waals surface area contributed by atoms with Crippen molar-refractivity contribution in [2.24, 2.45) is 0 Å². The van der Waals surface area contributed by atoms with Gasteiger partial charge < -0.3 is 15.0 Å². The summed E-state index contributed by atoms with van der Waals surface area (Å²) in [6, 6.07) is 11.5. The summed E-state index contributed by atoms with van der Waals surface area (Å²) >= 11 is 0. The second-order valence-electron chi connectivity index (χ2n) is 4.87. The quantitative estimate of drug-likeness (QED) is 0.523. The summed E-state index contributed by atoms with van der Waals surface area (Å²) in [4.78, 5) is 13.9. The van der Waals surface area contributed by atoms with Gasteiger partial charge in [-0.25, -0.2) is 4.79 Å². The maximum absolute atomic E-state index is 11.8.